The van der Waals surface area contributed by atoms with Crippen molar-refractivity contribution < 1.29 is 4.79 Å². The van der Waals surface area contributed by atoms with E-state index in [1.165, 1.54) is 6.42 Å². The average Bonchev–Trinajstić information content (AvgIpc) is 2.25. The number of carbonyl (C=O) groups excluding carboxylic acids is 1. The van der Waals surface area contributed by atoms with Gasteiger partial charge in [0.1, 0.15) is 0 Å². The molecule has 0 saturated carbocycles. The maximum atomic E-state index is 11.6. The molecule has 1 atom stereocenters. The first-order chi connectivity index (χ1) is 6.79. The van der Waals surface area contributed by atoms with E-state index in [9.17, 15) is 4.79 Å². The fraction of sp³-hybridized carbons (Fsp3) is 0.700. The first-order valence-electron chi connectivity index (χ1n) is 5.15. The number of nitrogens with zero attached hydrogens (tertiary/aromatic N) is 1. The van der Waals surface area contributed by atoms with Gasteiger partial charge in [-0.15, -0.1) is 6.58 Å². The summed E-state index contributed by atoms with van der Waals surface area (Å²) in [7, 11) is 0. The van der Waals surface area contributed by atoms with E-state index in [1.807, 2.05) is 4.90 Å². The van der Waals surface area contributed by atoms with Gasteiger partial charge in [-0.05, 0) is 19.3 Å². The van der Waals surface area contributed by atoms with Gasteiger partial charge in [-0.3, -0.25) is 0 Å². The van der Waals surface area contributed by atoms with Gasteiger partial charge in [-0.25, -0.2) is 4.79 Å². The largest absolute Gasteiger partial charge is 0.335 e. The maximum absolute atomic E-state index is 11.6. The van der Waals surface area contributed by atoms with E-state index in [4.69, 9.17) is 5.73 Å². The van der Waals surface area contributed by atoms with Gasteiger partial charge in [0.15, 0.2) is 0 Å². The van der Waals surface area contributed by atoms with Crippen molar-refractivity contribution in [1.82, 2.24) is 10.2 Å². The number of rotatable bonds is 3. The van der Waals surface area contributed by atoms with Crippen LogP contribution in [0.4, 0.5) is 4.79 Å². The van der Waals surface area contributed by atoms with E-state index in [0.29, 0.717) is 13.1 Å². The minimum absolute atomic E-state index is 0.0138. The Hall–Kier alpha value is -1.03. The molecule has 14 heavy (non-hydrogen) atoms. The lowest BCUT2D eigenvalue weighted by Gasteiger charge is -2.34. The van der Waals surface area contributed by atoms with Gasteiger partial charge < -0.3 is 16.0 Å². The van der Waals surface area contributed by atoms with Crippen molar-refractivity contribution in [2.75, 3.05) is 19.6 Å². The Balaban J connectivity index is 2.45. The van der Waals surface area contributed by atoms with Crippen molar-refractivity contribution in [3.63, 3.8) is 0 Å². The standard InChI is InChI=1S/C10H19N3O/c1-2-6-12-10(14)13-7-4-3-5-9(13)8-11/h2,9H,1,3-8,11H2,(H,12,14). The average molecular weight is 197 g/mol. The Morgan fingerprint density at radius 2 is 2.43 bits per heavy atom. The molecule has 0 bridgehead atoms. The number of likely N-dealkylation sites (tertiary alicyclic amines) is 1. The summed E-state index contributed by atoms with van der Waals surface area (Å²) in [6.07, 6.45) is 4.96. The Kier molecular flexibility index (Phi) is 4.46. The van der Waals surface area contributed by atoms with Crippen LogP contribution in [-0.4, -0.2) is 36.6 Å². The summed E-state index contributed by atoms with van der Waals surface area (Å²) >= 11 is 0. The highest BCUT2D eigenvalue weighted by atomic mass is 16.2. The topological polar surface area (TPSA) is 58.4 Å². The fourth-order valence-corrected chi connectivity index (χ4v) is 1.77. The number of carbonyl (C=O) groups is 1. The van der Waals surface area contributed by atoms with Crippen molar-refractivity contribution in [3.05, 3.63) is 12.7 Å². The molecule has 0 spiro atoms. The third-order valence-corrected chi connectivity index (χ3v) is 2.56. The lowest BCUT2D eigenvalue weighted by molar-refractivity contribution is 0.155. The zero-order valence-electron chi connectivity index (χ0n) is 8.54. The van der Waals surface area contributed by atoms with Gasteiger partial charge in [0.05, 0.1) is 0 Å². The molecule has 80 valence electrons. The molecule has 0 aliphatic carbocycles. The zero-order valence-corrected chi connectivity index (χ0v) is 8.54. The molecule has 1 fully saturated rings. The van der Waals surface area contributed by atoms with E-state index in [2.05, 4.69) is 11.9 Å². The predicted octanol–water partition coefficient (Wildman–Crippen LogP) is 0.695. The van der Waals surface area contributed by atoms with Gasteiger partial charge >= 0.3 is 6.03 Å². The van der Waals surface area contributed by atoms with Crippen LogP contribution in [-0.2, 0) is 0 Å². The first kappa shape index (κ1) is 11.0. The number of nitrogens with one attached hydrogen (secondary N) is 1. The van der Waals surface area contributed by atoms with Crippen LogP contribution in [0.15, 0.2) is 12.7 Å². The van der Waals surface area contributed by atoms with Gasteiger partial charge in [0, 0.05) is 25.7 Å². The second-order valence-electron chi connectivity index (χ2n) is 3.55. The predicted molar refractivity (Wildman–Crippen MR) is 57.0 cm³/mol. The highest BCUT2D eigenvalue weighted by Crippen LogP contribution is 2.15. The van der Waals surface area contributed by atoms with Crippen LogP contribution in [0.2, 0.25) is 0 Å². The molecule has 0 aromatic carbocycles. The number of amides is 2. The Morgan fingerprint density at radius 3 is 3.07 bits per heavy atom. The molecule has 4 nitrogen and oxygen atoms in total. The second-order valence-corrected chi connectivity index (χ2v) is 3.55. The summed E-state index contributed by atoms with van der Waals surface area (Å²) < 4.78 is 0. The second kappa shape index (κ2) is 5.65. The van der Waals surface area contributed by atoms with Crippen LogP contribution in [0.3, 0.4) is 0 Å². The van der Waals surface area contributed by atoms with E-state index in [-0.39, 0.29) is 12.1 Å². The molecule has 1 aliphatic rings. The summed E-state index contributed by atoms with van der Waals surface area (Å²) in [6.45, 7) is 5.46. The normalized spacial score (nSPS) is 21.8. The van der Waals surface area contributed by atoms with Crippen LogP contribution in [0, 0.1) is 0 Å². The number of urea groups is 1. The third kappa shape index (κ3) is 2.73. The Morgan fingerprint density at radius 1 is 1.64 bits per heavy atom. The molecule has 0 aromatic rings. The van der Waals surface area contributed by atoms with Crippen LogP contribution in [0.25, 0.3) is 0 Å². The van der Waals surface area contributed by atoms with Crippen LogP contribution in [0.1, 0.15) is 19.3 Å². The fourth-order valence-electron chi connectivity index (χ4n) is 1.77. The monoisotopic (exact) mass is 197 g/mol. The molecule has 0 radical (unpaired) electrons. The van der Waals surface area contributed by atoms with Crippen molar-refractivity contribution in [2.24, 2.45) is 5.73 Å². The summed E-state index contributed by atoms with van der Waals surface area (Å²) in [5.74, 6) is 0. The Bertz CT molecular complexity index is 206. The first-order valence-corrected chi connectivity index (χ1v) is 5.15. The lowest BCUT2D eigenvalue weighted by atomic mass is 10.0. The van der Waals surface area contributed by atoms with Crippen LogP contribution in [0.5, 0.6) is 0 Å². The molecule has 0 aromatic heterocycles. The molecule has 1 aliphatic heterocycles. The van der Waals surface area contributed by atoms with E-state index in [0.717, 1.165) is 19.4 Å². The van der Waals surface area contributed by atoms with Crippen molar-refractivity contribution in [1.29, 1.82) is 0 Å². The lowest BCUT2D eigenvalue weighted by Crippen LogP contribution is -2.51. The number of piperidine rings is 1. The summed E-state index contributed by atoms with van der Waals surface area (Å²) in [5, 5.41) is 2.78. The SMILES string of the molecule is C=CCNC(=O)N1CCCCC1CN. The minimum Gasteiger partial charge on any atom is -0.335 e. The molecule has 1 saturated heterocycles. The van der Waals surface area contributed by atoms with Crippen molar-refractivity contribution in [3.8, 4) is 0 Å². The third-order valence-electron chi connectivity index (χ3n) is 2.56. The number of hydrogen-bond acceptors (Lipinski definition) is 2. The van der Waals surface area contributed by atoms with E-state index < -0.39 is 0 Å². The van der Waals surface area contributed by atoms with Crippen molar-refractivity contribution >= 4 is 6.03 Å². The highest BCUT2D eigenvalue weighted by Gasteiger charge is 2.24. The van der Waals surface area contributed by atoms with Gasteiger partial charge in [0.25, 0.3) is 0 Å². The van der Waals surface area contributed by atoms with E-state index >= 15 is 0 Å². The number of nitrogens with two attached hydrogens (primary N) is 1. The molecular formula is C10H19N3O. The van der Waals surface area contributed by atoms with Crippen LogP contribution < -0.4 is 11.1 Å². The molecule has 2 amide bonds. The van der Waals surface area contributed by atoms with Gasteiger partial charge in [-0.1, -0.05) is 6.08 Å². The zero-order chi connectivity index (χ0) is 10.4. The molecule has 1 rings (SSSR count). The molecule has 1 heterocycles. The summed E-state index contributed by atoms with van der Waals surface area (Å²) in [6, 6.07) is 0.202. The molecule has 4 heteroatoms. The van der Waals surface area contributed by atoms with E-state index in [1.54, 1.807) is 6.08 Å². The summed E-state index contributed by atoms with van der Waals surface area (Å²) in [4.78, 5) is 13.5. The highest BCUT2D eigenvalue weighted by molar-refractivity contribution is 5.74. The number of hydrogen-bond donors (Lipinski definition) is 2. The van der Waals surface area contributed by atoms with Gasteiger partial charge in [0.2, 0.25) is 0 Å². The minimum atomic E-state index is -0.0138. The van der Waals surface area contributed by atoms with Crippen molar-refractivity contribution in [2.45, 2.75) is 25.3 Å². The quantitative estimate of drug-likeness (QED) is 0.654. The molecular weight excluding hydrogens is 178 g/mol. The van der Waals surface area contributed by atoms with Gasteiger partial charge in [-0.2, -0.15) is 0 Å². The molecule has 1 unspecified atom stereocenters. The molecule has 3 N–H and O–H groups in total. The van der Waals surface area contributed by atoms with Crippen LogP contribution >= 0.6 is 0 Å². The summed E-state index contributed by atoms with van der Waals surface area (Å²) in [5.41, 5.74) is 5.62. The maximum Gasteiger partial charge on any atom is 0.317 e. The Labute approximate surface area is 85.1 Å². The smallest absolute Gasteiger partial charge is 0.317 e.